The molecule has 0 unspecified atom stereocenters. The van der Waals surface area contributed by atoms with Gasteiger partial charge in [0.05, 0.1) is 10.7 Å². The zero-order valence-electron chi connectivity index (χ0n) is 11.2. The number of aliphatic imine (C=N–C) groups is 1. The van der Waals surface area contributed by atoms with E-state index >= 15 is 0 Å². The van der Waals surface area contributed by atoms with Crippen LogP contribution in [0.25, 0.3) is 0 Å². The van der Waals surface area contributed by atoms with Gasteiger partial charge in [-0.05, 0) is 27.7 Å². The third-order valence-corrected chi connectivity index (χ3v) is 3.89. The van der Waals surface area contributed by atoms with Crippen LogP contribution in [-0.4, -0.2) is 35.5 Å². The average molecular weight is 254 g/mol. The van der Waals surface area contributed by atoms with Crippen LogP contribution in [0, 0.1) is 13.8 Å². The third-order valence-electron chi connectivity index (χ3n) is 2.76. The zero-order valence-corrected chi connectivity index (χ0v) is 12.0. The SMILES string of the molecule is CCN(CC)C(N)=NCCc1nc(C)c(C)s1. The number of hydrogen-bond acceptors (Lipinski definition) is 3. The molecule has 96 valence electrons. The van der Waals surface area contributed by atoms with Gasteiger partial charge in [-0.1, -0.05) is 0 Å². The molecule has 0 saturated carbocycles. The van der Waals surface area contributed by atoms with Crippen LogP contribution in [0.4, 0.5) is 0 Å². The second-order valence-corrected chi connectivity index (χ2v) is 5.20. The molecule has 1 heterocycles. The summed E-state index contributed by atoms with van der Waals surface area (Å²) >= 11 is 1.75. The average Bonchev–Trinajstić information content (AvgIpc) is 2.60. The standard InChI is InChI=1S/C12H22N4S/c1-5-16(6-2)12(13)14-8-7-11-15-9(3)10(4)17-11/h5-8H2,1-4H3,(H2,13,14). The van der Waals surface area contributed by atoms with Crippen LogP contribution in [-0.2, 0) is 6.42 Å². The number of aryl methyl sites for hydroxylation is 2. The molecule has 1 aromatic heterocycles. The predicted molar refractivity (Wildman–Crippen MR) is 74.7 cm³/mol. The Morgan fingerprint density at radius 2 is 2.00 bits per heavy atom. The summed E-state index contributed by atoms with van der Waals surface area (Å²) in [5.41, 5.74) is 7.03. The van der Waals surface area contributed by atoms with Crippen molar-refractivity contribution in [3.8, 4) is 0 Å². The van der Waals surface area contributed by atoms with Crippen molar-refractivity contribution in [1.82, 2.24) is 9.88 Å². The van der Waals surface area contributed by atoms with Crippen molar-refractivity contribution in [2.75, 3.05) is 19.6 Å². The maximum Gasteiger partial charge on any atom is 0.191 e. The van der Waals surface area contributed by atoms with Crippen LogP contribution in [0.2, 0.25) is 0 Å². The molecule has 0 saturated heterocycles. The fraction of sp³-hybridized carbons (Fsp3) is 0.667. The summed E-state index contributed by atoms with van der Waals surface area (Å²) in [6.45, 7) is 10.8. The quantitative estimate of drug-likeness (QED) is 0.645. The minimum Gasteiger partial charge on any atom is -0.370 e. The van der Waals surface area contributed by atoms with E-state index in [9.17, 15) is 0 Å². The van der Waals surface area contributed by atoms with E-state index in [0.29, 0.717) is 12.5 Å². The van der Waals surface area contributed by atoms with E-state index in [1.165, 1.54) is 4.88 Å². The molecule has 4 nitrogen and oxygen atoms in total. The summed E-state index contributed by atoms with van der Waals surface area (Å²) in [6.07, 6.45) is 0.876. The first-order valence-corrected chi connectivity index (χ1v) is 6.87. The normalized spacial score (nSPS) is 11.9. The Bertz CT molecular complexity index is 360. The Balaban J connectivity index is 2.48. The van der Waals surface area contributed by atoms with Crippen molar-refractivity contribution < 1.29 is 0 Å². The van der Waals surface area contributed by atoms with Crippen LogP contribution >= 0.6 is 11.3 Å². The zero-order chi connectivity index (χ0) is 12.8. The molecule has 1 rings (SSSR count). The van der Waals surface area contributed by atoms with Gasteiger partial charge < -0.3 is 10.6 Å². The van der Waals surface area contributed by atoms with Crippen LogP contribution in [0.3, 0.4) is 0 Å². The van der Waals surface area contributed by atoms with Gasteiger partial charge in [-0.2, -0.15) is 0 Å². The van der Waals surface area contributed by atoms with Crippen LogP contribution in [0.1, 0.15) is 29.4 Å². The highest BCUT2D eigenvalue weighted by Crippen LogP contribution is 2.16. The molecule has 0 atom stereocenters. The van der Waals surface area contributed by atoms with E-state index in [0.717, 1.165) is 30.2 Å². The maximum absolute atomic E-state index is 5.90. The van der Waals surface area contributed by atoms with Gasteiger partial charge in [-0.25, -0.2) is 4.98 Å². The Kier molecular flexibility index (Phi) is 5.41. The highest BCUT2D eigenvalue weighted by Gasteiger charge is 2.04. The second-order valence-electron chi connectivity index (χ2n) is 3.91. The van der Waals surface area contributed by atoms with E-state index in [2.05, 4.69) is 35.6 Å². The smallest absolute Gasteiger partial charge is 0.191 e. The van der Waals surface area contributed by atoms with Crippen molar-refractivity contribution in [3.05, 3.63) is 15.6 Å². The summed E-state index contributed by atoms with van der Waals surface area (Å²) in [7, 11) is 0. The molecule has 0 bridgehead atoms. The number of nitrogens with two attached hydrogens (primary N) is 1. The van der Waals surface area contributed by atoms with Gasteiger partial charge in [0, 0.05) is 30.9 Å². The van der Waals surface area contributed by atoms with Crippen LogP contribution in [0.15, 0.2) is 4.99 Å². The van der Waals surface area contributed by atoms with Gasteiger partial charge in [0.1, 0.15) is 0 Å². The molecule has 0 aliphatic heterocycles. The summed E-state index contributed by atoms with van der Waals surface area (Å²) in [6, 6.07) is 0. The van der Waals surface area contributed by atoms with E-state index in [1.54, 1.807) is 11.3 Å². The van der Waals surface area contributed by atoms with Gasteiger partial charge in [0.2, 0.25) is 0 Å². The monoisotopic (exact) mass is 254 g/mol. The minimum absolute atomic E-state index is 0.639. The Hall–Kier alpha value is -1.10. The van der Waals surface area contributed by atoms with Crippen molar-refractivity contribution in [3.63, 3.8) is 0 Å². The topological polar surface area (TPSA) is 54.5 Å². The fourth-order valence-electron chi connectivity index (χ4n) is 1.56. The summed E-state index contributed by atoms with van der Waals surface area (Å²) in [5.74, 6) is 0.639. The molecule has 0 aromatic carbocycles. The van der Waals surface area contributed by atoms with E-state index in [4.69, 9.17) is 5.73 Å². The highest BCUT2D eigenvalue weighted by atomic mass is 32.1. The maximum atomic E-state index is 5.90. The largest absolute Gasteiger partial charge is 0.370 e. The Morgan fingerprint density at radius 3 is 2.47 bits per heavy atom. The lowest BCUT2D eigenvalue weighted by Crippen LogP contribution is -2.37. The number of thiazole rings is 1. The molecular weight excluding hydrogens is 232 g/mol. The molecule has 5 heteroatoms. The van der Waals surface area contributed by atoms with E-state index in [1.807, 2.05) is 6.92 Å². The lowest BCUT2D eigenvalue weighted by atomic mass is 10.4. The predicted octanol–water partition coefficient (Wildman–Crippen LogP) is 1.96. The van der Waals surface area contributed by atoms with E-state index < -0.39 is 0 Å². The molecule has 0 fully saturated rings. The van der Waals surface area contributed by atoms with Crippen molar-refractivity contribution in [2.24, 2.45) is 10.7 Å². The molecule has 17 heavy (non-hydrogen) atoms. The van der Waals surface area contributed by atoms with Gasteiger partial charge >= 0.3 is 0 Å². The molecule has 2 N–H and O–H groups in total. The Morgan fingerprint density at radius 1 is 1.35 bits per heavy atom. The first-order chi connectivity index (χ1) is 8.08. The summed E-state index contributed by atoms with van der Waals surface area (Å²) in [4.78, 5) is 12.2. The van der Waals surface area contributed by atoms with Crippen LogP contribution in [0.5, 0.6) is 0 Å². The van der Waals surface area contributed by atoms with E-state index in [-0.39, 0.29) is 0 Å². The molecule has 0 radical (unpaired) electrons. The minimum atomic E-state index is 0.639. The van der Waals surface area contributed by atoms with Crippen LogP contribution < -0.4 is 5.73 Å². The number of nitrogens with zero attached hydrogens (tertiary/aromatic N) is 3. The van der Waals surface area contributed by atoms with Crippen molar-refractivity contribution in [2.45, 2.75) is 34.1 Å². The molecule has 0 spiro atoms. The first-order valence-electron chi connectivity index (χ1n) is 6.06. The number of aromatic nitrogens is 1. The molecule has 0 amide bonds. The third kappa shape index (κ3) is 4.00. The van der Waals surface area contributed by atoms with Gasteiger partial charge in [-0.15, -0.1) is 11.3 Å². The number of rotatable bonds is 5. The van der Waals surface area contributed by atoms with Crippen molar-refractivity contribution >= 4 is 17.3 Å². The molecular formula is C12H22N4S. The van der Waals surface area contributed by atoms with Gasteiger partial charge in [-0.3, -0.25) is 4.99 Å². The lowest BCUT2D eigenvalue weighted by Gasteiger charge is -2.19. The van der Waals surface area contributed by atoms with Gasteiger partial charge in [0.15, 0.2) is 5.96 Å². The summed E-state index contributed by atoms with van der Waals surface area (Å²) < 4.78 is 0. The molecule has 1 aromatic rings. The molecule has 0 aliphatic rings. The van der Waals surface area contributed by atoms with Gasteiger partial charge in [0.25, 0.3) is 0 Å². The molecule has 0 aliphatic carbocycles. The number of guanidine groups is 1. The first kappa shape index (κ1) is 14.0. The fourth-order valence-corrected chi connectivity index (χ4v) is 2.48. The summed E-state index contributed by atoms with van der Waals surface area (Å²) in [5, 5.41) is 1.15. The Labute approximate surface area is 108 Å². The highest BCUT2D eigenvalue weighted by molar-refractivity contribution is 7.11. The number of hydrogen-bond donors (Lipinski definition) is 1. The van der Waals surface area contributed by atoms with Crippen molar-refractivity contribution in [1.29, 1.82) is 0 Å². The lowest BCUT2D eigenvalue weighted by molar-refractivity contribution is 0.458. The second kappa shape index (κ2) is 6.59.